The summed E-state index contributed by atoms with van der Waals surface area (Å²) in [6, 6.07) is 19.9. The Balaban J connectivity index is 1.90. The summed E-state index contributed by atoms with van der Waals surface area (Å²) in [6.07, 6.45) is 0. The van der Waals surface area contributed by atoms with Crippen molar-refractivity contribution in [1.82, 2.24) is 0 Å². The van der Waals surface area contributed by atoms with Gasteiger partial charge in [-0.25, -0.2) is 9.79 Å². The number of fused-ring (bicyclic) bond motifs is 1. The Labute approximate surface area is 175 Å². The third-order valence-corrected chi connectivity index (χ3v) is 5.57. The van der Waals surface area contributed by atoms with Crippen molar-refractivity contribution in [2.45, 2.75) is 19.8 Å². The van der Waals surface area contributed by atoms with Gasteiger partial charge in [0.25, 0.3) is 0 Å². The van der Waals surface area contributed by atoms with Crippen LogP contribution in [0.15, 0.2) is 81.9 Å². The van der Waals surface area contributed by atoms with Crippen LogP contribution < -0.4 is 4.90 Å². The Morgan fingerprint density at radius 2 is 1.76 bits per heavy atom. The highest BCUT2D eigenvalue weighted by Gasteiger charge is 2.44. The van der Waals surface area contributed by atoms with Gasteiger partial charge in [0.1, 0.15) is 17.7 Å². The zero-order chi connectivity index (χ0) is 20.4. The maximum atomic E-state index is 12.9. The summed E-state index contributed by atoms with van der Waals surface area (Å²) in [5.41, 5.74) is 3.16. The van der Waals surface area contributed by atoms with Crippen LogP contribution in [0.4, 0.5) is 5.69 Å². The number of aliphatic imine (C=N–C) groups is 2. The van der Waals surface area contributed by atoms with Crippen molar-refractivity contribution in [3.05, 3.63) is 77.5 Å². The number of nitrogens with zero attached hydrogens (tertiary/aromatic N) is 3. The number of ether oxygens (including phenoxy) is 1. The van der Waals surface area contributed by atoms with Gasteiger partial charge in [-0.3, -0.25) is 4.99 Å². The van der Waals surface area contributed by atoms with Gasteiger partial charge in [-0.2, -0.15) is 0 Å². The van der Waals surface area contributed by atoms with Crippen molar-refractivity contribution in [2.24, 2.45) is 15.9 Å². The quantitative estimate of drug-likeness (QED) is 0.687. The molecule has 2 aromatic rings. The highest BCUT2D eigenvalue weighted by atomic mass is 35.5. The number of esters is 1. The number of carbonyl (C=O) groups is 1. The van der Waals surface area contributed by atoms with Gasteiger partial charge in [0.15, 0.2) is 0 Å². The summed E-state index contributed by atoms with van der Waals surface area (Å²) < 4.78 is 5.37. The number of anilines is 1. The standard InChI is InChI=1S/C23H22ClN3O2/c1-3-29-23(28)18-15(2)26-22-20(19(18)16-10-6-4-7-11-16)21(24)25-14-27(22)17-12-8-5-9-13-17/h4-13,19-20H,3,14H2,1-2H3. The van der Waals surface area contributed by atoms with Gasteiger partial charge in [-0.15, -0.1) is 0 Å². The van der Waals surface area contributed by atoms with Gasteiger partial charge in [0.2, 0.25) is 0 Å². The van der Waals surface area contributed by atoms with Crippen LogP contribution >= 0.6 is 11.6 Å². The predicted molar refractivity (Wildman–Crippen MR) is 117 cm³/mol. The minimum Gasteiger partial charge on any atom is -0.463 e. The molecule has 4 rings (SSSR count). The average molecular weight is 408 g/mol. The molecule has 148 valence electrons. The molecule has 2 aromatic carbocycles. The van der Waals surface area contributed by atoms with Crippen LogP contribution in [0.5, 0.6) is 0 Å². The van der Waals surface area contributed by atoms with Crippen molar-refractivity contribution >= 4 is 34.3 Å². The van der Waals surface area contributed by atoms with E-state index in [-0.39, 0.29) is 17.8 Å². The summed E-state index contributed by atoms with van der Waals surface area (Å²) in [4.78, 5) is 24.3. The monoisotopic (exact) mass is 407 g/mol. The first-order valence-corrected chi connectivity index (χ1v) is 10.0. The van der Waals surface area contributed by atoms with Crippen molar-refractivity contribution in [1.29, 1.82) is 0 Å². The van der Waals surface area contributed by atoms with Crippen LogP contribution in [-0.4, -0.2) is 30.3 Å². The van der Waals surface area contributed by atoms with E-state index in [4.69, 9.17) is 21.3 Å². The zero-order valence-corrected chi connectivity index (χ0v) is 17.1. The molecule has 0 radical (unpaired) electrons. The fraction of sp³-hybridized carbons (Fsp3) is 0.261. The SMILES string of the molecule is CCOC(=O)C1=C(C)N=C2C(C(Cl)=NCN2c2ccccc2)C1c1ccccc1. The molecule has 0 aromatic heterocycles. The van der Waals surface area contributed by atoms with Gasteiger partial charge >= 0.3 is 5.97 Å². The van der Waals surface area contributed by atoms with E-state index < -0.39 is 0 Å². The van der Waals surface area contributed by atoms with Gasteiger partial charge in [-0.1, -0.05) is 60.1 Å². The van der Waals surface area contributed by atoms with Crippen molar-refractivity contribution in [3.8, 4) is 0 Å². The Hall–Kier alpha value is -2.92. The number of benzene rings is 2. The van der Waals surface area contributed by atoms with E-state index >= 15 is 0 Å². The largest absolute Gasteiger partial charge is 0.463 e. The lowest BCUT2D eigenvalue weighted by molar-refractivity contribution is -0.139. The predicted octanol–water partition coefficient (Wildman–Crippen LogP) is 4.75. The first-order chi connectivity index (χ1) is 14.1. The molecule has 2 aliphatic rings. The molecule has 2 heterocycles. The number of allylic oxidation sites excluding steroid dienone is 1. The van der Waals surface area contributed by atoms with Crippen molar-refractivity contribution in [2.75, 3.05) is 18.2 Å². The summed E-state index contributed by atoms with van der Waals surface area (Å²) in [6.45, 7) is 4.35. The molecule has 0 bridgehead atoms. The molecule has 0 saturated carbocycles. The molecule has 0 aliphatic carbocycles. The fourth-order valence-corrected chi connectivity index (χ4v) is 4.23. The molecule has 0 amide bonds. The maximum Gasteiger partial charge on any atom is 0.336 e. The maximum absolute atomic E-state index is 12.9. The first kappa shape index (κ1) is 19.4. The van der Waals surface area contributed by atoms with Gasteiger partial charge in [-0.05, 0) is 31.5 Å². The van der Waals surface area contributed by atoms with Gasteiger partial charge in [0, 0.05) is 11.6 Å². The zero-order valence-electron chi connectivity index (χ0n) is 16.4. The Morgan fingerprint density at radius 3 is 2.41 bits per heavy atom. The number of halogens is 1. The molecular formula is C23H22ClN3O2. The molecule has 0 fully saturated rings. The van der Waals surface area contributed by atoms with Crippen LogP contribution in [0, 0.1) is 5.92 Å². The topological polar surface area (TPSA) is 54.3 Å². The Bertz CT molecular complexity index is 999. The van der Waals surface area contributed by atoms with Crippen LogP contribution in [0.2, 0.25) is 0 Å². The molecule has 0 N–H and O–H groups in total. The van der Waals surface area contributed by atoms with Gasteiger partial charge < -0.3 is 9.64 Å². The second-order valence-corrected chi connectivity index (χ2v) is 7.33. The van der Waals surface area contributed by atoms with E-state index in [1.807, 2.05) is 67.6 Å². The normalized spacial score (nSPS) is 21.3. The number of carbonyl (C=O) groups excluding carboxylic acids is 1. The summed E-state index contributed by atoms with van der Waals surface area (Å²) >= 11 is 6.65. The fourth-order valence-electron chi connectivity index (χ4n) is 3.95. The van der Waals surface area contributed by atoms with Crippen molar-refractivity contribution in [3.63, 3.8) is 0 Å². The van der Waals surface area contributed by atoms with Gasteiger partial charge in [0.05, 0.1) is 23.8 Å². The second-order valence-electron chi connectivity index (χ2n) is 6.94. The van der Waals surface area contributed by atoms with E-state index in [0.717, 1.165) is 17.1 Å². The number of para-hydroxylation sites is 1. The molecule has 0 spiro atoms. The molecule has 29 heavy (non-hydrogen) atoms. The minimum atomic E-state index is -0.358. The van der Waals surface area contributed by atoms with E-state index in [1.165, 1.54) is 0 Å². The highest BCUT2D eigenvalue weighted by Crippen LogP contribution is 2.43. The highest BCUT2D eigenvalue weighted by molar-refractivity contribution is 6.68. The number of rotatable bonds is 4. The van der Waals surface area contributed by atoms with Crippen LogP contribution in [0.1, 0.15) is 25.3 Å². The molecule has 0 saturated heterocycles. The smallest absolute Gasteiger partial charge is 0.336 e. The molecule has 2 atom stereocenters. The van der Waals surface area contributed by atoms with Crippen LogP contribution in [-0.2, 0) is 9.53 Å². The molecule has 2 unspecified atom stereocenters. The first-order valence-electron chi connectivity index (χ1n) is 9.65. The molecule has 2 aliphatic heterocycles. The lowest BCUT2D eigenvalue weighted by Gasteiger charge is -2.40. The van der Waals surface area contributed by atoms with E-state index in [1.54, 1.807) is 6.92 Å². The summed E-state index contributed by atoms with van der Waals surface area (Å²) in [5, 5.41) is 0.457. The second kappa shape index (κ2) is 8.21. The third-order valence-electron chi connectivity index (χ3n) is 5.21. The van der Waals surface area contributed by atoms with Crippen LogP contribution in [0.25, 0.3) is 0 Å². The van der Waals surface area contributed by atoms with Crippen LogP contribution in [0.3, 0.4) is 0 Å². The van der Waals surface area contributed by atoms with Crippen molar-refractivity contribution < 1.29 is 9.53 Å². The average Bonchev–Trinajstić information content (AvgIpc) is 2.74. The Kier molecular flexibility index (Phi) is 5.49. The van der Waals surface area contributed by atoms with E-state index in [0.29, 0.717) is 29.7 Å². The number of amidine groups is 1. The minimum absolute atomic E-state index is 0.302. The third kappa shape index (κ3) is 3.58. The molecule has 5 nitrogen and oxygen atoms in total. The lowest BCUT2D eigenvalue weighted by atomic mass is 9.76. The van der Waals surface area contributed by atoms with E-state index in [9.17, 15) is 4.79 Å². The summed E-state index contributed by atoms with van der Waals surface area (Å²) in [5.74, 6) is -0.222. The molecule has 6 heteroatoms. The molecular weight excluding hydrogens is 386 g/mol. The number of hydrogen-bond donors (Lipinski definition) is 0. The number of hydrogen-bond acceptors (Lipinski definition) is 5. The Morgan fingerprint density at radius 1 is 1.10 bits per heavy atom. The lowest BCUT2D eigenvalue weighted by Crippen LogP contribution is -2.48. The summed E-state index contributed by atoms with van der Waals surface area (Å²) in [7, 11) is 0. The van der Waals surface area contributed by atoms with E-state index in [2.05, 4.69) is 9.89 Å².